The van der Waals surface area contributed by atoms with Crippen LogP contribution in [0, 0.1) is 12.8 Å². The first-order valence-corrected chi connectivity index (χ1v) is 8.95. The van der Waals surface area contributed by atoms with Crippen molar-refractivity contribution in [2.75, 3.05) is 18.0 Å². The number of aryl methyl sites for hydroxylation is 2. The third-order valence-corrected chi connectivity index (χ3v) is 4.76. The molecule has 1 saturated heterocycles. The molecule has 0 bridgehead atoms. The van der Waals surface area contributed by atoms with Crippen LogP contribution in [0.3, 0.4) is 0 Å². The van der Waals surface area contributed by atoms with Crippen molar-refractivity contribution in [1.82, 2.24) is 0 Å². The Morgan fingerprint density at radius 2 is 1.95 bits per heavy atom. The third kappa shape index (κ3) is 5.01. The number of pyridine rings is 1. The van der Waals surface area contributed by atoms with Crippen LogP contribution in [0.15, 0.2) is 18.3 Å². The van der Waals surface area contributed by atoms with Gasteiger partial charge in [0.05, 0.1) is 25.8 Å². The standard InChI is InChI=1S/C19H33N2/c1-4-5-9-17(2)10-14-21-15-11-18(3)16-19(21)20-12-7-6-8-13-20/h11,15-17H,4-10,12-14H2,1-3H3/q+1. The number of hydrogen-bond acceptors (Lipinski definition) is 1. The minimum atomic E-state index is 0.841. The molecular formula is C19H33N2+. The summed E-state index contributed by atoms with van der Waals surface area (Å²) in [6.45, 7) is 10.5. The molecule has 0 N–H and O–H groups in total. The lowest BCUT2D eigenvalue weighted by atomic mass is 10.0. The van der Waals surface area contributed by atoms with Gasteiger partial charge >= 0.3 is 0 Å². The average Bonchev–Trinajstić information content (AvgIpc) is 2.52. The van der Waals surface area contributed by atoms with Crippen molar-refractivity contribution >= 4 is 5.82 Å². The molecule has 2 heteroatoms. The van der Waals surface area contributed by atoms with Crippen LogP contribution in [0.25, 0.3) is 0 Å². The number of aromatic nitrogens is 1. The van der Waals surface area contributed by atoms with Gasteiger partial charge in [0.25, 0.3) is 5.82 Å². The van der Waals surface area contributed by atoms with Gasteiger partial charge in [0.15, 0.2) is 0 Å². The smallest absolute Gasteiger partial charge is 0.262 e. The van der Waals surface area contributed by atoms with Crippen LogP contribution in [-0.2, 0) is 6.54 Å². The Morgan fingerprint density at radius 1 is 1.19 bits per heavy atom. The fourth-order valence-corrected chi connectivity index (χ4v) is 3.26. The predicted octanol–water partition coefficient (Wildman–Crippen LogP) is 4.49. The summed E-state index contributed by atoms with van der Waals surface area (Å²) >= 11 is 0. The van der Waals surface area contributed by atoms with E-state index in [0.717, 1.165) is 12.5 Å². The second-order valence-corrected chi connectivity index (χ2v) is 6.84. The first-order chi connectivity index (χ1) is 10.2. The molecule has 1 fully saturated rings. The molecule has 0 aliphatic carbocycles. The highest BCUT2D eigenvalue weighted by atomic mass is 15.2. The van der Waals surface area contributed by atoms with Gasteiger partial charge in [-0.3, -0.25) is 4.90 Å². The van der Waals surface area contributed by atoms with Crippen LogP contribution in [0.1, 0.15) is 64.4 Å². The number of hydrogen-bond donors (Lipinski definition) is 0. The van der Waals surface area contributed by atoms with Crippen LogP contribution >= 0.6 is 0 Å². The van der Waals surface area contributed by atoms with Gasteiger partial charge in [-0.25, -0.2) is 4.57 Å². The quantitative estimate of drug-likeness (QED) is 0.671. The summed E-state index contributed by atoms with van der Waals surface area (Å²) < 4.78 is 2.49. The van der Waals surface area contributed by atoms with E-state index in [-0.39, 0.29) is 0 Å². The zero-order valence-electron chi connectivity index (χ0n) is 14.3. The Bertz CT molecular complexity index is 422. The van der Waals surface area contributed by atoms with Crippen molar-refractivity contribution in [1.29, 1.82) is 0 Å². The summed E-state index contributed by atoms with van der Waals surface area (Å²) in [5, 5.41) is 0. The van der Waals surface area contributed by atoms with Crippen molar-refractivity contribution in [3.8, 4) is 0 Å². The van der Waals surface area contributed by atoms with Crippen molar-refractivity contribution < 1.29 is 4.57 Å². The lowest BCUT2D eigenvalue weighted by molar-refractivity contribution is -0.686. The van der Waals surface area contributed by atoms with Gasteiger partial charge in [-0.05, 0) is 50.2 Å². The van der Waals surface area contributed by atoms with E-state index in [2.05, 4.69) is 48.6 Å². The number of rotatable bonds is 7. The van der Waals surface area contributed by atoms with Gasteiger partial charge in [0.1, 0.15) is 0 Å². The van der Waals surface area contributed by atoms with E-state index in [4.69, 9.17) is 0 Å². The van der Waals surface area contributed by atoms with E-state index in [1.54, 1.807) is 0 Å². The summed E-state index contributed by atoms with van der Waals surface area (Å²) in [5.74, 6) is 2.28. The number of unbranched alkanes of at least 4 members (excludes halogenated alkanes) is 1. The van der Waals surface area contributed by atoms with Gasteiger partial charge in [-0.1, -0.05) is 33.1 Å². The van der Waals surface area contributed by atoms with Crippen LogP contribution < -0.4 is 9.47 Å². The highest BCUT2D eigenvalue weighted by Gasteiger charge is 2.22. The van der Waals surface area contributed by atoms with Crippen molar-refractivity contribution in [2.45, 2.75) is 72.3 Å². The molecule has 1 aromatic rings. The van der Waals surface area contributed by atoms with Crippen molar-refractivity contribution in [3.05, 3.63) is 23.9 Å². The zero-order valence-corrected chi connectivity index (χ0v) is 14.3. The molecule has 2 nitrogen and oxygen atoms in total. The normalized spacial score (nSPS) is 17.0. The monoisotopic (exact) mass is 289 g/mol. The lowest BCUT2D eigenvalue weighted by Gasteiger charge is -2.24. The maximum absolute atomic E-state index is 2.59. The number of anilines is 1. The van der Waals surface area contributed by atoms with Gasteiger partial charge in [0, 0.05) is 6.07 Å². The molecule has 2 heterocycles. The van der Waals surface area contributed by atoms with E-state index in [9.17, 15) is 0 Å². The van der Waals surface area contributed by atoms with Crippen LogP contribution in [0.4, 0.5) is 5.82 Å². The molecule has 118 valence electrons. The van der Waals surface area contributed by atoms with E-state index in [1.165, 1.54) is 69.4 Å². The van der Waals surface area contributed by atoms with Crippen LogP contribution in [-0.4, -0.2) is 13.1 Å². The fraction of sp³-hybridized carbons (Fsp3) is 0.737. The molecule has 0 radical (unpaired) electrons. The maximum Gasteiger partial charge on any atom is 0.276 e. The molecule has 1 unspecified atom stereocenters. The predicted molar refractivity (Wildman–Crippen MR) is 90.7 cm³/mol. The summed E-state index contributed by atoms with van der Waals surface area (Å²) in [6, 6.07) is 4.63. The molecule has 0 spiro atoms. The topological polar surface area (TPSA) is 7.12 Å². The largest absolute Gasteiger partial charge is 0.276 e. The number of piperidine rings is 1. The molecule has 2 rings (SSSR count). The average molecular weight is 289 g/mol. The maximum atomic E-state index is 2.59. The second kappa shape index (κ2) is 8.41. The Balaban J connectivity index is 2.00. The zero-order chi connectivity index (χ0) is 15.1. The Hall–Kier alpha value is -1.05. The summed E-state index contributed by atoms with van der Waals surface area (Å²) in [5.41, 5.74) is 1.38. The molecule has 1 aromatic heterocycles. The number of nitrogens with zero attached hydrogens (tertiary/aromatic N) is 2. The van der Waals surface area contributed by atoms with E-state index in [0.29, 0.717) is 0 Å². The summed E-state index contributed by atoms with van der Waals surface area (Å²) in [6.07, 6.45) is 11.8. The summed E-state index contributed by atoms with van der Waals surface area (Å²) in [4.78, 5) is 2.59. The molecule has 0 amide bonds. The van der Waals surface area contributed by atoms with E-state index >= 15 is 0 Å². The van der Waals surface area contributed by atoms with Crippen LogP contribution in [0.5, 0.6) is 0 Å². The molecular weight excluding hydrogens is 256 g/mol. The lowest BCUT2D eigenvalue weighted by Crippen LogP contribution is -2.44. The first kappa shape index (κ1) is 16.3. The SMILES string of the molecule is CCCCC(C)CC[n+]1ccc(C)cc1N1CCCCC1. The molecule has 0 aromatic carbocycles. The second-order valence-electron chi connectivity index (χ2n) is 6.84. The Kier molecular flexibility index (Phi) is 6.53. The van der Waals surface area contributed by atoms with Crippen molar-refractivity contribution in [2.24, 2.45) is 5.92 Å². The van der Waals surface area contributed by atoms with Gasteiger partial charge in [-0.2, -0.15) is 0 Å². The van der Waals surface area contributed by atoms with Gasteiger partial charge in [-0.15, -0.1) is 0 Å². The van der Waals surface area contributed by atoms with Gasteiger partial charge < -0.3 is 0 Å². The Labute approximate surface area is 131 Å². The Morgan fingerprint density at radius 3 is 2.67 bits per heavy atom. The van der Waals surface area contributed by atoms with Crippen molar-refractivity contribution in [3.63, 3.8) is 0 Å². The summed E-state index contributed by atoms with van der Waals surface area (Å²) in [7, 11) is 0. The van der Waals surface area contributed by atoms with Gasteiger partial charge in [0.2, 0.25) is 0 Å². The highest BCUT2D eigenvalue weighted by Crippen LogP contribution is 2.18. The minimum absolute atomic E-state index is 0.841. The molecule has 0 saturated carbocycles. The molecule has 1 aliphatic heterocycles. The first-order valence-electron chi connectivity index (χ1n) is 8.95. The van der Waals surface area contributed by atoms with Crippen LogP contribution in [0.2, 0.25) is 0 Å². The molecule has 1 atom stereocenters. The fourth-order valence-electron chi connectivity index (χ4n) is 3.26. The van der Waals surface area contributed by atoms with E-state index < -0.39 is 0 Å². The third-order valence-electron chi connectivity index (χ3n) is 4.76. The molecule has 21 heavy (non-hydrogen) atoms. The van der Waals surface area contributed by atoms with E-state index in [1.807, 2.05) is 0 Å². The highest BCUT2D eigenvalue weighted by molar-refractivity contribution is 5.36. The minimum Gasteiger partial charge on any atom is -0.262 e. The molecule has 1 aliphatic rings.